The monoisotopic (exact) mass is 233 g/mol. The minimum atomic E-state index is -0.0614. The molecule has 0 bridgehead atoms. The van der Waals surface area contributed by atoms with Crippen LogP contribution in [0.5, 0.6) is 0 Å². The Morgan fingerprint density at radius 2 is 2.24 bits per heavy atom. The molecule has 4 nitrogen and oxygen atoms in total. The van der Waals surface area contributed by atoms with Crippen LogP contribution in [0.3, 0.4) is 0 Å². The number of aryl methyl sites for hydroxylation is 1. The van der Waals surface area contributed by atoms with Gasteiger partial charge in [-0.2, -0.15) is 0 Å². The summed E-state index contributed by atoms with van der Waals surface area (Å²) in [7, 11) is 0. The highest BCUT2D eigenvalue weighted by Gasteiger charge is 2.36. The minimum Gasteiger partial charge on any atom is -0.397 e. The summed E-state index contributed by atoms with van der Waals surface area (Å²) in [6.45, 7) is 6.87. The molecule has 1 aliphatic heterocycles. The molecule has 4 heteroatoms. The summed E-state index contributed by atoms with van der Waals surface area (Å²) in [5, 5.41) is 0. The third-order valence-electron chi connectivity index (χ3n) is 3.48. The summed E-state index contributed by atoms with van der Waals surface area (Å²) >= 11 is 0. The van der Waals surface area contributed by atoms with E-state index in [0.717, 1.165) is 25.1 Å². The van der Waals surface area contributed by atoms with Gasteiger partial charge in [0.15, 0.2) is 0 Å². The second-order valence-corrected chi connectivity index (χ2v) is 5.27. The fraction of sp³-hybridized carbons (Fsp3) is 0.538. The number of nitrogens with zero attached hydrogens (tertiary/aromatic N) is 2. The second kappa shape index (κ2) is 4.02. The normalized spacial score (nSPS) is 18.4. The smallest absolute Gasteiger partial charge is 0.256 e. The molecular formula is C13H19N3O. The van der Waals surface area contributed by atoms with Crippen molar-refractivity contribution in [1.29, 1.82) is 0 Å². The molecule has 0 unspecified atom stereocenters. The van der Waals surface area contributed by atoms with Crippen molar-refractivity contribution in [2.75, 3.05) is 12.3 Å². The van der Waals surface area contributed by atoms with Crippen molar-refractivity contribution in [1.82, 2.24) is 9.88 Å². The first-order valence-electron chi connectivity index (χ1n) is 5.96. The summed E-state index contributed by atoms with van der Waals surface area (Å²) in [6.07, 6.45) is 3.70. The molecule has 0 saturated carbocycles. The largest absolute Gasteiger partial charge is 0.397 e. The highest BCUT2D eigenvalue weighted by Crippen LogP contribution is 2.30. The van der Waals surface area contributed by atoms with Gasteiger partial charge in [0.1, 0.15) is 0 Å². The molecule has 1 amide bonds. The summed E-state index contributed by atoms with van der Waals surface area (Å²) in [5.41, 5.74) is 7.54. The average Bonchev–Trinajstić information content (AvgIpc) is 2.61. The van der Waals surface area contributed by atoms with E-state index in [1.54, 1.807) is 12.3 Å². The molecule has 0 atom stereocenters. The lowest BCUT2D eigenvalue weighted by molar-refractivity contribution is 0.0651. The van der Waals surface area contributed by atoms with Crippen LogP contribution in [0.15, 0.2) is 12.3 Å². The standard InChI is InChI=1S/C13H19N3O/c1-9-11(7-10(14)8-15-9)12(17)16-6-4-5-13(16,2)3/h7-8H,4-6,14H2,1-3H3. The molecular weight excluding hydrogens is 214 g/mol. The maximum absolute atomic E-state index is 12.5. The Hall–Kier alpha value is -1.58. The first-order chi connectivity index (χ1) is 7.92. The Bertz CT molecular complexity index is 454. The maximum Gasteiger partial charge on any atom is 0.256 e. The first kappa shape index (κ1) is 11.9. The SMILES string of the molecule is Cc1ncc(N)cc1C(=O)N1CCCC1(C)C. The number of carbonyl (C=O) groups excluding carboxylic acids is 1. The van der Waals surface area contributed by atoms with Gasteiger partial charge < -0.3 is 10.6 Å². The number of amides is 1. The van der Waals surface area contributed by atoms with Crippen LogP contribution in [0, 0.1) is 6.92 Å². The van der Waals surface area contributed by atoms with Gasteiger partial charge in [0.05, 0.1) is 23.1 Å². The van der Waals surface area contributed by atoms with E-state index in [2.05, 4.69) is 18.8 Å². The molecule has 92 valence electrons. The van der Waals surface area contributed by atoms with E-state index in [0.29, 0.717) is 11.3 Å². The summed E-state index contributed by atoms with van der Waals surface area (Å²) in [5.74, 6) is 0.0461. The molecule has 1 saturated heterocycles. The number of likely N-dealkylation sites (tertiary alicyclic amines) is 1. The van der Waals surface area contributed by atoms with Gasteiger partial charge in [-0.3, -0.25) is 9.78 Å². The number of hydrogen-bond donors (Lipinski definition) is 1. The van der Waals surface area contributed by atoms with Crippen molar-refractivity contribution in [3.63, 3.8) is 0 Å². The molecule has 0 radical (unpaired) electrons. The zero-order valence-electron chi connectivity index (χ0n) is 10.7. The number of carbonyl (C=O) groups is 1. The van der Waals surface area contributed by atoms with Crippen LogP contribution in [0.2, 0.25) is 0 Å². The van der Waals surface area contributed by atoms with Crippen molar-refractivity contribution >= 4 is 11.6 Å². The topological polar surface area (TPSA) is 59.2 Å². The van der Waals surface area contributed by atoms with Gasteiger partial charge in [-0.1, -0.05) is 0 Å². The number of aromatic nitrogens is 1. The van der Waals surface area contributed by atoms with Crippen LogP contribution in [0.25, 0.3) is 0 Å². The van der Waals surface area contributed by atoms with E-state index in [1.807, 2.05) is 11.8 Å². The fourth-order valence-electron chi connectivity index (χ4n) is 2.40. The Morgan fingerprint density at radius 1 is 1.53 bits per heavy atom. The summed E-state index contributed by atoms with van der Waals surface area (Å²) < 4.78 is 0. The van der Waals surface area contributed by atoms with Gasteiger partial charge in [-0.25, -0.2) is 0 Å². The lowest BCUT2D eigenvalue weighted by Gasteiger charge is -2.32. The minimum absolute atomic E-state index is 0.0461. The van der Waals surface area contributed by atoms with Gasteiger partial charge in [0.25, 0.3) is 5.91 Å². The van der Waals surface area contributed by atoms with Crippen LogP contribution in [-0.4, -0.2) is 27.9 Å². The molecule has 2 rings (SSSR count). The van der Waals surface area contributed by atoms with E-state index in [1.165, 1.54) is 0 Å². The molecule has 0 aliphatic carbocycles. The molecule has 1 aromatic heterocycles. The van der Waals surface area contributed by atoms with Gasteiger partial charge in [0.2, 0.25) is 0 Å². The predicted octanol–water partition coefficient (Wildman–Crippen LogP) is 1.99. The highest BCUT2D eigenvalue weighted by atomic mass is 16.2. The number of anilines is 1. The van der Waals surface area contributed by atoms with Gasteiger partial charge in [0, 0.05) is 12.1 Å². The van der Waals surface area contributed by atoms with E-state index in [-0.39, 0.29) is 11.4 Å². The van der Waals surface area contributed by atoms with Crippen molar-refractivity contribution in [2.45, 2.75) is 39.2 Å². The molecule has 1 fully saturated rings. The Balaban J connectivity index is 2.34. The van der Waals surface area contributed by atoms with Crippen LogP contribution in [0.1, 0.15) is 42.7 Å². The molecule has 2 heterocycles. The molecule has 1 aromatic rings. The molecule has 17 heavy (non-hydrogen) atoms. The third-order valence-corrected chi connectivity index (χ3v) is 3.48. The first-order valence-corrected chi connectivity index (χ1v) is 5.96. The van der Waals surface area contributed by atoms with Crippen LogP contribution < -0.4 is 5.73 Å². The van der Waals surface area contributed by atoms with Gasteiger partial charge in [-0.15, -0.1) is 0 Å². The van der Waals surface area contributed by atoms with Crippen molar-refractivity contribution in [3.8, 4) is 0 Å². The predicted molar refractivity (Wildman–Crippen MR) is 67.7 cm³/mol. The van der Waals surface area contributed by atoms with Crippen molar-refractivity contribution in [3.05, 3.63) is 23.5 Å². The molecule has 0 aromatic carbocycles. The summed E-state index contributed by atoms with van der Waals surface area (Å²) in [6, 6.07) is 1.72. The second-order valence-electron chi connectivity index (χ2n) is 5.27. The summed E-state index contributed by atoms with van der Waals surface area (Å²) in [4.78, 5) is 18.5. The fourth-order valence-corrected chi connectivity index (χ4v) is 2.40. The zero-order chi connectivity index (χ0) is 12.6. The number of pyridine rings is 1. The number of nitrogens with two attached hydrogens (primary N) is 1. The number of hydrogen-bond acceptors (Lipinski definition) is 3. The van der Waals surface area contributed by atoms with Crippen LogP contribution >= 0.6 is 0 Å². The van der Waals surface area contributed by atoms with E-state index in [4.69, 9.17) is 5.73 Å². The third kappa shape index (κ3) is 2.12. The Labute approximate surface area is 102 Å². The number of rotatable bonds is 1. The lowest BCUT2D eigenvalue weighted by Crippen LogP contribution is -2.43. The number of nitrogen functional groups attached to an aromatic ring is 1. The average molecular weight is 233 g/mol. The van der Waals surface area contributed by atoms with Crippen LogP contribution in [0.4, 0.5) is 5.69 Å². The molecule has 2 N–H and O–H groups in total. The highest BCUT2D eigenvalue weighted by molar-refractivity contribution is 5.96. The zero-order valence-corrected chi connectivity index (χ0v) is 10.7. The molecule has 0 spiro atoms. The van der Waals surface area contributed by atoms with E-state index in [9.17, 15) is 4.79 Å². The van der Waals surface area contributed by atoms with E-state index < -0.39 is 0 Å². The Kier molecular flexibility index (Phi) is 2.81. The van der Waals surface area contributed by atoms with E-state index >= 15 is 0 Å². The van der Waals surface area contributed by atoms with Gasteiger partial charge in [-0.05, 0) is 39.7 Å². The quantitative estimate of drug-likeness (QED) is 0.807. The van der Waals surface area contributed by atoms with Gasteiger partial charge >= 0.3 is 0 Å². The maximum atomic E-state index is 12.5. The van der Waals surface area contributed by atoms with Crippen LogP contribution in [-0.2, 0) is 0 Å². The van der Waals surface area contributed by atoms with Crippen molar-refractivity contribution < 1.29 is 4.79 Å². The Morgan fingerprint density at radius 3 is 2.82 bits per heavy atom. The molecule has 1 aliphatic rings. The van der Waals surface area contributed by atoms with Crippen molar-refractivity contribution in [2.24, 2.45) is 0 Å². The lowest BCUT2D eigenvalue weighted by atomic mass is 10.0.